The molecule has 0 saturated carbocycles. The Balaban J connectivity index is 1.48. The van der Waals surface area contributed by atoms with Gasteiger partial charge in [-0.15, -0.1) is 0 Å². The Morgan fingerprint density at radius 1 is 1.19 bits per heavy atom. The van der Waals surface area contributed by atoms with E-state index in [9.17, 15) is 4.79 Å². The lowest BCUT2D eigenvalue weighted by Crippen LogP contribution is -2.37. The highest BCUT2D eigenvalue weighted by atomic mass is 79.9. The number of amides is 1. The van der Waals surface area contributed by atoms with E-state index in [4.69, 9.17) is 4.74 Å². The summed E-state index contributed by atoms with van der Waals surface area (Å²) in [6.45, 7) is 5.47. The highest BCUT2D eigenvalue weighted by Crippen LogP contribution is 2.23. The van der Waals surface area contributed by atoms with Crippen molar-refractivity contribution < 1.29 is 9.53 Å². The molecule has 5 heteroatoms. The molecule has 0 aromatic heterocycles. The number of piperidine rings is 1. The number of carbonyl (C=O) groups is 1. The fourth-order valence-corrected chi connectivity index (χ4v) is 3.55. The third-order valence-corrected chi connectivity index (χ3v) is 5.21. The third kappa shape index (κ3) is 5.32. The van der Waals surface area contributed by atoms with Gasteiger partial charge in [0.2, 0.25) is 5.91 Å². The standard InChI is InChI=1S/C21H25BrN2O2/c1-2-26-20-5-3-4-16(14-20)15-24-12-10-17(11-13-24)21(25)23-19-8-6-18(22)7-9-19/h3-9,14,17H,2,10-13,15H2,1H3,(H,23,25). The van der Waals surface area contributed by atoms with Gasteiger partial charge in [-0.1, -0.05) is 28.1 Å². The lowest BCUT2D eigenvalue weighted by molar-refractivity contribution is -0.121. The molecular weight excluding hydrogens is 392 g/mol. The van der Waals surface area contributed by atoms with E-state index in [0.717, 1.165) is 48.4 Å². The van der Waals surface area contributed by atoms with E-state index in [1.807, 2.05) is 43.3 Å². The highest BCUT2D eigenvalue weighted by Gasteiger charge is 2.25. The van der Waals surface area contributed by atoms with E-state index in [1.165, 1.54) is 5.56 Å². The number of anilines is 1. The molecule has 1 saturated heterocycles. The summed E-state index contributed by atoms with van der Waals surface area (Å²) >= 11 is 3.41. The predicted octanol–water partition coefficient (Wildman–Crippen LogP) is 4.70. The van der Waals surface area contributed by atoms with E-state index in [0.29, 0.717) is 6.61 Å². The summed E-state index contributed by atoms with van der Waals surface area (Å²) in [7, 11) is 0. The molecule has 1 fully saturated rings. The maximum absolute atomic E-state index is 12.5. The van der Waals surface area contributed by atoms with E-state index >= 15 is 0 Å². The summed E-state index contributed by atoms with van der Waals surface area (Å²) in [6.07, 6.45) is 1.79. The molecule has 1 aliphatic rings. The van der Waals surface area contributed by atoms with Crippen molar-refractivity contribution in [1.29, 1.82) is 0 Å². The molecule has 0 spiro atoms. The van der Waals surface area contributed by atoms with Gasteiger partial charge in [-0.05, 0) is 74.8 Å². The fourth-order valence-electron chi connectivity index (χ4n) is 3.29. The molecule has 138 valence electrons. The number of likely N-dealkylation sites (tertiary alicyclic amines) is 1. The van der Waals surface area contributed by atoms with E-state index in [-0.39, 0.29) is 11.8 Å². The molecule has 0 radical (unpaired) electrons. The molecule has 3 rings (SSSR count). The first kappa shape index (κ1) is 18.9. The van der Waals surface area contributed by atoms with E-state index in [1.54, 1.807) is 0 Å². The van der Waals surface area contributed by atoms with Crippen LogP contribution in [0.3, 0.4) is 0 Å². The molecular formula is C21H25BrN2O2. The van der Waals surface area contributed by atoms with Gasteiger partial charge in [0.25, 0.3) is 0 Å². The first-order valence-electron chi connectivity index (χ1n) is 9.14. The summed E-state index contributed by atoms with van der Waals surface area (Å²) in [6, 6.07) is 16.0. The third-order valence-electron chi connectivity index (χ3n) is 4.69. The van der Waals surface area contributed by atoms with Gasteiger partial charge in [-0.2, -0.15) is 0 Å². The summed E-state index contributed by atoms with van der Waals surface area (Å²) in [4.78, 5) is 14.9. The van der Waals surface area contributed by atoms with Crippen LogP contribution in [0, 0.1) is 5.92 Å². The number of halogens is 1. The number of benzene rings is 2. The Hall–Kier alpha value is -1.85. The van der Waals surface area contributed by atoms with Gasteiger partial charge in [0, 0.05) is 22.6 Å². The number of hydrogen-bond donors (Lipinski definition) is 1. The van der Waals surface area contributed by atoms with Crippen LogP contribution in [0.2, 0.25) is 0 Å². The molecule has 4 nitrogen and oxygen atoms in total. The van der Waals surface area contributed by atoms with Crippen LogP contribution in [0.1, 0.15) is 25.3 Å². The topological polar surface area (TPSA) is 41.6 Å². The van der Waals surface area contributed by atoms with Crippen LogP contribution in [0.15, 0.2) is 53.0 Å². The van der Waals surface area contributed by atoms with Crippen molar-refractivity contribution in [3.8, 4) is 5.75 Å². The maximum atomic E-state index is 12.5. The second-order valence-corrected chi connectivity index (χ2v) is 7.54. The van der Waals surface area contributed by atoms with Crippen molar-refractivity contribution in [3.63, 3.8) is 0 Å². The molecule has 1 amide bonds. The summed E-state index contributed by atoms with van der Waals surface area (Å²) in [5.74, 6) is 1.14. The van der Waals surface area contributed by atoms with Gasteiger partial charge in [-0.25, -0.2) is 0 Å². The number of ether oxygens (including phenoxy) is 1. The number of carbonyl (C=O) groups excluding carboxylic acids is 1. The van der Waals surface area contributed by atoms with Crippen molar-refractivity contribution in [2.24, 2.45) is 5.92 Å². The number of nitrogens with zero attached hydrogens (tertiary/aromatic N) is 1. The van der Waals surface area contributed by atoms with Crippen molar-refractivity contribution in [3.05, 3.63) is 58.6 Å². The minimum atomic E-state index is 0.0876. The smallest absolute Gasteiger partial charge is 0.227 e. The Morgan fingerprint density at radius 3 is 2.62 bits per heavy atom. The van der Waals surface area contributed by atoms with Crippen molar-refractivity contribution in [2.75, 3.05) is 25.0 Å². The lowest BCUT2D eigenvalue weighted by Gasteiger charge is -2.31. The second kappa shape index (κ2) is 9.19. The largest absolute Gasteiger partial charge is 0.494 e. The Bertz CT molecular complexity index is 725. The Morgan fingerprint density at radius 2 is 1.92 bits per heavy atom. The summed E-state index contributed by atoms with van der Waals surface area (Å²) in [5, 5.41) is 3.03. The van der Waals surface area contributed by atoms with Gasteiger partial charge in [-0.3, -0.25) is 9.69 Å². The molecule has 1 aliphatic heterocycles. The predicted molar refractivity (Wildman–Crippen MR) is 108 cm³/mol. The van der Waals surface area contributed by atoms with Gasteiger partial charge < -0.3 is 10.1 Å². The second-order valence-electron chi connectivity index (χ2n) is 6.63. The number of hydrogen-bond acceptors (Lipinski definition) is 3. The van der Waals surface area contributed by atoms with Gasteiger partial charge in [0.05, 0.1) is 6.61 Å². The maximum Gasteiger partial charge on any atom is 0.227 e. The van der Waals surface area contributed by atoms with Crippen molar-refractivity contribution >= 4 is 27.5 Å². The summed E-state index contributed by atoms with van der Waals surface area (Å²) in [5.41, 5.74) is 2.11. The first-order valence-corrected chi connectivity index (χ1v) is 9.94. The average molecular weight is 417 g/mol. The van der Waals surface area contributed by atoms with Crippen LogP contribution in [-0.4, -0.2) is 30.5 Å². The Kier molecular flexibility index (Phi) is 6.69. The minimum Gasteiger partial charge on any atom is -0.494 e. The first-order chi connectivity index (χ1) is 12.6. The molecule has 2 aromatic rings. The van der Waals surface area contributed by atoms with Gasteiger partial charge >= 0.3 is 0 Å². The van der Waals surface area contributed by atoms with Crippen molar-refractivity contribution in [1.82, 2.24) is 4.90 Å². The van der Waals surface area contributed by atoms with E-state index < -0.39 is 0 Å². The number of rotatable bonds is 6. The monoisotopic (exact) mass is 416 g/mol. The average Bonchev–Trinajstić information content (AvgIpc) is 2.65. The van der Waals surface area contributed by atoms with Crippen LogP contribution in [0.25, 0.3) is 0 Å². The van der Waals surface area contributed by atoms with Gasteiger partial charge in [0.1, 0.15) is 5.75 Å². The molecule has 2 aromatic carbocycles. The molecule has 0 unspecified atom stereocenters. The van der Waals surface area contributed by atoms with Crippen molar-refractivity contribution in [2.45, 2.75) is 26.3 Å². The van der Waals surface area contributed by atoms with Crippen LogP contribution in [0.4, 0.5) is 5.69 Å². The van der Waals surface area contributed by atoms with Crippen LogP contribution < -0.4 is 10.1 Å². The van der Waals surface area contributed by atoms with Crippen LogP contribution in [-0.2, 0) is 11.3 Å². The minimum absolute atomic E-state index is 0.0876. The Labute approximate surface area is 163 Å². The molecule has 0 aliphatic carbocycles. The summed E-state index contributed by atoms with van der Waals surface area (Å²) < 4.78 is 6.59. The van der Waals surface area contributed by atoms with Gasteiger partial charge in [0.15, 0.2) is 0 Å². The molecule has 0 bridgehead atoms. The van der Waals surface area contributed by atoms with Crippen LogP contribution in [0.5, 0.6) is 5.75 Å². The molecule has 1 N–H and O–H groups in total. The molecule has 0 atom stereocenters. The quantitative estimate of drug-likeness (QED) is 0.741. The number of nitrogens with one attached hydrogen (secondary N) is 1. The van der Waals surface area contributed by atoms with E-state index in [2.05, 4.69) is 38.3 Å². The SMILES string of the molecule is CCOc1cccc(CN2CCC(C(=O)Nc3ccc(Br)cc3)CC2)c1. The zero-order valence-corrected chi connectivity index (χ0v) is 16.7. The normalized spacial score (nSPS) is 15.6. The highest BCUT2D eigenvalue weighted by molar-refractivity contribution is 9.10. The zero-order chi connectivity index (χ0) is 18.4. The van der Waals surface area contributed by atoms with Crippen LogP contribution >= 0.6 is 15.9 Å². The lowest BCUT2D eigenvalue weighted by atomic mass is 9.95. The molecule has 26 heavy (non-hydrogen) atoms. The zero-order valence-electron chi connectivity index (χ0n) is 15.1. The fraction of sp³-hybridized carbons (Fsp3) is 0.381. The molecule has 1 heterocycles.